The SMILES string of the molecule is Cc1c(C(=O)O)sc2nc(SCCCN3CCN(c4ccccn4)CC3)[nH]c(=O)c12. The molecule has 1 aliphatic heterocycles. The highest BCUT2D eigenvalue weighted by Crippen LogP contribution is 2.28. The number of H-pyrrole nitrogens is 1. The van der Waals surface area contributed by atoms with E-state index < -0.39 is 5.97 Å². The molecule has 30 heavy (non-hydrogen) atoms. The van der Waals surface area contributed by atoms with E-state index in [1.54, 1.807) is 6.92 Å². The molecule has 0 bridgehead atoms. The largest absolute Gasteiger partial charge is 0.477 e. The molecule has 0 spiro atoms. The lowest BCUT2D eigenvalue weighted by atomic mass is 10.2. The second-order valence-corrected chi connectivity index (χ2v) is 9.21. The summed E-state index contributed by atoms with van der Waals surface area (Å²) in [7, 11) is 0. The summed E-state index contributed by atoms with van der Waals surface area (Å²) in [5, 5.41) is 10.2. The van der Waals surface area contributed by atoms with Crippen molar-refractivity contribution in [1.29, 1.82) is 0 Å². The Morgan fingerprint density at radius 1 is 1.30 bits per heavy atom. The maximum atomic E-state index is 12.4. The van der Waals surface area contributed by atoms with Crippen LogP contribution in [0, 0.1) is 6.92 Å². The Bertz CT molecular complexity index is 1090. The number of aryl methyl sites for hydroxylation is 1. The lowest BCUT2D eigenvalue weighted by molar-refractivity contribution is 0.0701. The van der Waals surface area contributed by atoms with Crippen LogP contribution in [0.15, 0.2) is 34.3 Å². The van der Waals surface area contributed by atoms with E-state index in [0.29, 0.717) is 20.9 Å². The van der Waals surface area contributed by atoms with Crippen LogP contribution in [0.5, 0.6) is 0 Å². The molecule has 1 saturated heterocycles. The van der Waals surface area contributed by atoms with E-state index in [9.17, 15) is 14.7 Å². The molecule has 0 amide bonds. The highest BCUT2D eigenvalue weighted by Gasteiger charge is 2.19. The quantitative estimate of drug-likeness (QED) is 0.325. The summed E-state index contributed by atoms with van der Waals surface area (Å²) < 4.78 is 0. The number of carboxylic acids is 1. The number of carbonyl (C=O) groups is 1. The summed E-state index contributed by atoms with van der Waals surface area (Å²) >= 11 is 2.56. The van der Waals surface area contributed by atoms with Crippen molar-refractivity contribution < 1.29 is 9.90 Å². The maximum Gasteiger partial charge on any atom is 0.346 e. The van der Waals surface area contributed by atoms with E-state index in [4.69, 9.17) is 0 Å². The van der Waals surface area contributed by atoms with Gasteiger partial charge in [-0.15, -0.1) is 11.3 Å². The van der Waals surface area contributed by atoms with Gasteiger partial charge >= 0.3 is 5.97 Å². The third-order valence-electron chi connectivity index (χ3n) is 5.18. The number of aromatic carboxylic acids is 1. The Hall–Kier alpha value is -2.43. The third-order valence-corrected chi connectivity index (χ3v) is 7.31. The zero-order valence-corrected chi connectivity index (χ0v) is 18.3. The first kappa shape index (κ1) is 20.8. The van der Waals surface area contributed by atoms with Crippen molar-refractivity contribution in [1.82, 2.24) is 19.9 Å². The number of piperazine rings is 1. The second-order valence-electron chi connectivity index (χ2n) is 7.13. The minimum atomic E-state index is -1.02. The average molecular weight is 446 g/mol. The molecule has 10 heteroatoms. The zero-order chi connectivity index (χ0) is 21.1. The van der Waals surface area contributed by atoms with E-state index in [1.807, 2.05) is 24.4 Å². The fourth-order valence-electron chi connectivity index (χ4n) is 3.59. The average Bonchev–Trinajstić information content (AvgIpc) is 3.09. The van der Waals surface area contributed by atoms with Crippen LogP contribution < -0.4 is 10.5 Å². The Kier molecular flexibility index (Phi) is 6.35. The summed E-state index contributed by atoms with van der Waals surface area (Å²) in [6.07, 6.45) is 2.81. The number of aromatic amines is 1. The first-order chi connectivity index (χ1) is 14.5. The van der Waals surface area contributed by atoms with Crippen molar-refractivity contribution in [2.45, 2.75) is 18.5 Å². The Balaban J connectivity index is 1.27. The highest BCUT2D eigenvalue weighted by molar-refractivity contribution is 7.99. The van der Waals surface area contributed by atoms with Gasteiger partial charge in [0.15, 0.2) is 5.16 Å². The number of thiophene rings is 1. The van der Waals surface area contributed by atoms with E-state index >= 15 is 0 Å². The molecule has 2 N–H and O–H groups in total. The van der Waals surface area contributed by atoms with E-state index in [1.165, 1.54) is 11.8 Å². The second kappa shape index (κ2) is 9.15. The maximum absolute atomic E-state index is 12.4. The van der Waals surface area contributed by atoms with Crippen LogP contribution in [0.1, 0.15) is 21.7 Å². The van der Waals surface area contributed by atoms with E-state index in [2.05, 4.69) is 24.8 Å². The smallest absolute Gasteiger partial charge is 0.346 e. The summed E-state index contributed by atoms with van der Waals surface area (Å²) in [4.78, 5) is 40.8. The van der Waals surface area contributed by atoms with Gasteiger partial charge in [-0.25, -0.2) is 14.8 Å². The first-order valence-corrected chi connectivity index (χ1v) is 11.6. The van der Waals surface area contributed by atoms with Gasteiger partial charge in [-0.1, -0.05) is 17.8 Å². The van der Waals surface area contributed by atoms with Crippen molar-refractivity contribution in [3.63, 3.8) is 0 Å². The lowest BCUT2D eigenvalue weighted by Crippen LogP contribution is -2.47. The summed E-state index contributed by atoms with van der Waals surface area (Å²) in [5.41, 5.74) is 0.215. The van der Waals surface area contributed by atoms with Crippen LogP contribution in [-0.4, -0.2) is 69.4 Å². The number of fused-ring (bicyclic) bond motifs is 1. The molecule has 0 aliphatic carbocycles. The first-order valence-electron chi connectivity index (χ1n) is 9.81. The number of nitrogens with one attached hydrogen (secondary N) is 1. The van der Waals surface area contributed by atoms with Gasteiger partial charge in [0.1, 0.15) is 15.5 Å². The molecular weight excluding hydrogens is 422 g/mol. The Labute approximate surface area is 182 Å². The molecule has 4 rings (SSSR count). The number of pyridine rings is 1. The summed E-state index contributed by atoms with van der Waals surface area (Å²) in [5.74, 6) is 0.852. The molecule has 3 aromatic heterocycles. The van der Waals surface area contributed by atoms with Crippen molar-refractivity contribution in [2.24, 2.45) is 0 Å². The van der Waals surface area contributed by atoms with Crippen LogP contribution >= 0.6 is 23.1 Å². The zero-order valence-electron chi connectivity index (χ0n) is 16.6. The van der Waals surface area contributed by atoms with Crippen LogP contribution in [0.3, 0.4) is 0 Å². The molecule has 1 aliphatic rings. The Morgan fingerprint density at radius 2 is 2.10 bits per heavy atom. The Morgan fingerprint density at radius 3 is 2.80 bits per heavy atom. The van der Waals surface area contributed by atoms with Crippen molar-refractivity contribution in [3.8, 4) is 0 Å². The molecule has 158 valence electrons. The number of hydrogen-bond acceptors (Lipinski definition) is 8. The van der Waals surface area contributed by atoms with Crippen LogP contribution in [0.25, 0.3) is 10.2 Å². The molecule has 0 saturated carbocycles. The molecule has 0 radical (unpaired) electrons. The fraction of sp³-hybridized carbons (Fsp3) is 0.400. The van der Waals surface area contributed by atoms with Gasteiger partial charge in [-0.05, 0) is 37.6 Å². The topological polar surface area (TPSA) is 102 Å². The van der Waals surface area contributed by atoms with Crippen molar-refractivity contribution in [3.05, 3.63) is 45.2 Å². The number of rotatable bonds is 7. The molecule has 1 fully saturated rings. The molecule has 8 nitrogen and oxygen atoms in total. The molecule has 0 atom stereocenters. The lowest BCUT2D eigenvalue weighted by Gasteiger charge is -2.35. The monoisotopic (exact) mass is 445 g/mol. The number of hydrogen-bond donors (Lipinski definition) is 2. The van der Waals surface area contributed by atoms with Crippen molar-refractivity contribution >= 4 is 45.1 Å². The van der Waals surface area contributed by atoms with Crippen molar-refractivity contribution in [2.75, 3.05) is 43.4 Å². The van der Waals surface area contributed by atoms with Crippen LogP contribution in [0.2, 0.25) is 0 Å². The van der Waals surface area contributed by atoms with E-state index in [-0.39, 0.29) is 10.4 Å². The number of anilines is 1. The van der Waals surface area contributed by atoms with Gasteiger partial charge in [0, 0.05) is 38.1 Å². The predicted molar refractivity (Wildman–Crippen MR) is 120 cm³/mol. The van der Waals surface area contributed by atoms with Gasteiger partial charge in [-0.3, -0.25) is 9.69 Å². The van der Waals surface area contributed by atoms with Gasteiger partial charge in [0.2, 0.25) is 0 Å². The summed E-state index contributed by atoms with van der Waals surface area (Å²) in [6.45, 7) is 6.61. The minimum Gasteiger partial charge on any atom is -0.477 e. The third kappa shape index (κ3) is 4.50. The molecular formula is C20H23N5O3S2. The minimum absolute atomic E-state index is 0.176. The number of carboxylic acid groups (broad SMARTS) is 1. The molecule has 3 aromatic rings. The standard InChI is InChI=1S/C20H23N5O3S2/c1-13-15-17(26)22-20(23-18(15)30-16(13)19(27)28)29-12-4-7-24-8-10-25(11-9-24)14-5-2-3-6-21-14/h2-3,5-6H,4,7-12H2,1H3,(H,27,28)(H,22,23,26). The number of nitrogens with zero attached hydrogens (tertiary/aromatic N) is 4. The van der Waals surface area contributed by atoms with Gasteiger partial charge in [-0.2, -0.15) is 0 Å². The molecule has 0 aromatic carbocycles. The summed E-state index contributed by atoms with van der Waals surface area (Å²) in [6, 6.07) is 6.00. The highest BCUT2D eigenvalue weighted by atomic mass is 32.2. The normalized spacial score (nSPS) is 15.0. The predicted octanol–water partition coefficient (Wildman–Crippen LogP) is 2.69. The van der Waals surface area contributed by atoms with Gasteiger partial charge in [0.25, 0.3) is 5.56 Å². The molecule has 4 heterocycles. The van der Waals surface area contributed by atoms with Crippen LogP contribution in [0.4, 0.5) is 5.82 Å². The fourth-order valence-corrected chi connectivity index (χ4v) is 5.46. The number of thioether (sulfide) groups is 1. The van der Waals surface area contributed by atoms with E-state index in [0.717, 1.165) is 62.1 Å². The van der Waals surface area contributed by atoms with Gasteiger partial charge in [0.05, 0.1) is 5.39 Å². The molecule has 0 unspecified atom stereocenters. The number of aromatic nitrogens is 3. The van der Waals surface area contributed by atoms with Gasteiger partial charge < -0.3 is 15.0 Å². The van der Waals surface area contributed by atoms with Crippen LogP contribution in [-0.2, 0) is 0 Å².